The number of hydrogen-bond donors (Lipinski definition) is 0. The number of rotatable bonds is 8. The minimum absolute atomic E-state index is 0.0875. The molecule has 0 N–H and O–H groups in total. The average molecular weight is 474 g/mol. The van der Waals surface area contributed by atoms with Crippen molar-refractivity contribution >= 4 is 11.9 Å². The SMILES string of the molecule is COc1cc(OC)cc(C2CC(=O)N(Cc3c(F)cccc3F)C(C)=C2C(=O)OCC(C)C)c1. The molecule has 34 heavy (non-hydrogen) atoms. The van der Waals surface area contributed by atoms with Gasteiger partial charge in [-0.05, 0) is 42.7 Å². The maximum atomic E-state index is 14.3. The predicted molar refractivity (Wildman–Crippen MR) is 122 cm³/mol. The lowest BCUT2D eigenvalue weighted by Crippen LogP contribution is -2.38. The fraction of sp³-hybridized carbons (Fsp3) is 0.385. The molecule has 1 aliphatic rings. The Bertz CT molecular complexity index is 1070. The van der Waals surface area contributed by atoms with Crippen molar-refractivity contribution in [2.75, 3.05) is 20.8 Å². The molecular formula is C26H29F2NO5. The summed E-state index contributed by atoms with van der Waals surface area (Å²) in [5.74, 6) is -1.99. The van der Waals surface area contributed by atoms with Crippen LogP contribution < -0.4 is 9.47 Å². The van der Waals surface area contributed by atoms with E-state index >= 15 is 0 Å². The van der Waals surface area contributed by atoms with E-state index < -0.39 is 23.5 Å². The molecule has 1 aliphatic heterocycles. The Morgan fingerprint density at radius 2 is 1.68 bits per heavy atom. The summed E-state index contributed by atoms with van der Waals surface area (Å²) >= 11 is 0. The molecule has 1 unspecified atom stereocenters. The zero-order valence-electron chi connectivity index (χ0n) is 20.0. The zero-order valence-corrected chi connectivity index (χ0v) is 20.0. The molecule has 0 aromatic heterocycles. The van der Waals surface area contributed by atoms with E-state index in [2.05, 4.69) is 0 Å². The van der Waals surface area contributed by atoms with Gasteiger partial charge in [-0.25, -0.2) is 13.6 Å². The third-order valence-electron chi connectivity index (χ3n) is 5.74. The second-order valence-corrected chi connectivity index (χ2v) is 8.57. The first-order valence-corrected chi connectivity index (χ1v) is 11.0. The van der Waals surface area contributed by atoms with Crippen LogP contribution in [0, 0.1) is 17.6 Å². The molecule has 2 aromatic carbocycles. The van der Waals surface area contributed by atoms with Crippen LogP contribution in [-0.2, 0) is 20.9 Å². The van der Waals surface area contributed by atoms with Crippen LogP contribution in [0.2, 0.25) is 0 Å². The van der Waals surface area contributed by atoms with Crippen LogP contribution in [-0.4, -0.2) is 37.6 Å². The van der Waals surface area contributed by atoms with E-state index in [9.17, 15) is 18.4 Å². The topological polar surface area (TPSA) is 65.1 Å². The number of halogens is 2. The monoisotopic (exact) mass is 473 g/mol. The number of carbonyl (C=O) groups excluding carboxylic acids is 2. The molecule has 1 heterocycles. The van der Waals surface area contributed by atoms with E-state index in [1.54, 1.807) is 25.1 Å². The van der Waals surface area contributed by atoms with Gasteiger partial charge < -0.3 is 19.1 Å². The maximum Gasteiger partial charge on any atom is 0.336 e. The fourth-order valence-electron chi connectivity index (χ4n) is 3.94. The fourth-order valence-corrected chi connectivity index (χ4v) is 3.94. The van der Waals surface area contributed by atoms with Gasteiger partial charge in [0.15, 0.2) is 0 Å². The highest BCUT2D eigenvalue weighted by Crippen LogP contribution is 2.40. The van der Waals surface area contributed by atoms with Crippen LogP contribution in [0.5, 0.6) is 11.5 Å². The number of esters is 1. The van der Waals surface area contributed by atoms with Gasteiger partial charge in [0.05, 0.1) is 32.9 Å². The number of carbonyl (C=O) groups is 2. The van der Waals surface area contributed by atoms with E-state index in [4.69, 9.17) is 14.2 Å². The van der Waals surface area contributed by atoms with Crippen molar-refractivity contribution in [3.05, 3.63) is 70.4 Å². The summed E-state index contributed by atoms with van der Waals surface area (Å²) in [4.78, 5) is 27.6. The molecular weight excluding hydrogens is 444 g/mol. The van der Waals surface area contributed by atoms with E-state index in [1.807, 2.05) is 13.8 Å². The Morgan fingerprint density at radius 1 is 1.09 bits per heavy atom. The summed E-state index contributed by atoms with van der Waals surface area (Å²) in [6.45, 7) is 5.28. The van der Waals surface area contributed by atoms with Gasteiger partial charge in [-0.2, -0.15) is 0 Å². The number of nitrogens with zero attached hydrogens (tertiary/aromatic N) is 1. The molecule has 3 rings (SSSR count). The molecule has 6 nitrogen and oxygen atoms in total. The molecule has 0 aliphatic carbocycles. The zero-order chi connectivity index (χ0) is 25.0. The predicted octanol–water partition coefficient (Wildman–Crippen LogP) is 4.97. The smallest absolute Gasteiger partial charge is 0.336 e. The quantitative estimate of drug-likeness (QED) is 0.507. The Morgan fingerprint density at radius 3 is 2.21 bits per heavy atom. The largest absolute Gasteiger partial charge is 0.497 e. The average Bonchev–Trinajstić information content (AvgIpc) is 2.80. The highest BCUT2D eigenvalue weighted by molar-refractivity contribution is 5.96. The minimum atomic E-state index is -0.760. The molecule has 8 heteroatoms. The first kappa shape index (κ1) is 25.2. The number of methoxy groups -OCH3 is 2. The summed E-state index contributed by atoms with van der Waals surface area (Å²) in [5, 5.41) is 0. The highest BCUT2D eigenvalue weighted by Gasteiger charge is 2.38. The maximum absolute atomic E-state index is 14.3. The second-order valence-electron chi connectivity index (χ2n) is 8.57. The standard InChI is InChI=1S/C26H29F2NO5/c1-15(2)14-34-26(31)25-16(3)29(13-21-22(27)7-6-8-23(21)28)24(30)12-20(25)17-9-18(32-4)11-19(10-17)33-5/h6-11,15,20H,12-14H2,1-5H3. The molecule has 0 bridgehead atoms. The number of amides is 1. The molecule has 0 saturated heterocycles. The number of allylic oxidation sites excluding steroid dienone is 1. The lowest BCUT2D eigenvalue weighted by Gasteiger charge is -2.35. The Hall–Kier alpha value is -3.42. The van der Waals surface area contributed by atoms with Crippen LogP contribution in [0.4, 0.5) is 8.78 Å². The summed E-state index contributed by atoms with van der Waals surface area (Å²) in [5.41, 5.74) is 0.940. The molecule has 1 atom stereocenters. The van der Waals surface area contributed by atoms with Crippen LogP contribution in [0.3, 0.4) is 0 Å². The normalized spacial score (nSPS) is 16.2. The molecule has 0 radical (unpaired) electrons. The first-order valence-electron chi connectivity index (χ1n) is 11.0. The van der Waals surface area contributed by atoms with Crippen LogP contribution in [0.1, 0.15) is 44.2 Å². The van der Waals surface area contributed by atoms with Crippen molar-refractivity contribution in [3.8, 4) is 11.5 Å². The van der Waals surface area contributed by atoms with Crippen LogP contribution in [0.15, 0.2) is 47.7 Å². The summed E-state index contributed by atoms with van der Waals surface area (Å²) in [7, 11) is 3.02. The molecule has 182 valence electrons. The lowest BCUT2D eigenvalue weighted by atomic mass is 9.83. The van der Waals surface area contributed by atoms with Crippen molar-refractivity contribution in [1.29, 1.82) is 0 Å². The third kappa shape index (κ3) is 5.38. The van der Waals surface area contributed by atoms with Gasteiger partial charge in [-0.15, -0.1) is 0 Å². The number of ether oxygens (including phenoxy) is 3. The van der Waals surface area contributed by atoms with Crippen molar-refractivity contribution in [2.45, 2.75) is 39.7 Å². The summed E-state index contributed by atoms with van der Waals surface area (Å²) < 4.78 is 44.9. The minimum Gasteiger partial charge on any atom is -0.497 e. The Kier molecular flexibility index (Phi) is 7.91. The summed E-state index contributed by atoms with van der Waals surface area (Å²) in [6, 6.07) is 8.68. The van der Waals surface area contributed by atoms with Crippen molar-refractivity contribution in [1.82, 2.24) is 4.90 Å². The molecule has 1 amide bonds. The van der Waals surface area contributed by atoms with Gasteiger partial charge >= 0.3 is 5.97 Å². The van der Waals surface area contributed by atoms with E-state index in [0.717, 1.165) is 12.1 Å². The first-order chi connectivity index (χ1) is 16.2. The van der Waals surface area contributed by atoms with Crippen LogP contribution in [0.25, 0.3) is 0 Å². The second kappa shape index (κ2) is 10.7. The third-order valence-corrected chi connectivity index (χ3v) is 5.74. The van der Waals surface area contributed by atoms with Crippen molar-refractivity contribution in [3.63, 3.8) is 0 Å². The van der Waals surface area contributed by atoms with Crippen molar-refractivity contribution < 1.29 is 32.6 Å². The highest BCUT2D eigenvalue weighted by atomic mass is 19.1. The number of hydrogen-bond acceptors (Lipinski definition) is 5. The molecule has 0 saturated carbocycles. The molecule has 2 aromatic rings. The lowest BCUT2D eigenvalue weighted by molar-refractivity contribution is -0.141. The van der Waals surface area contributed by atoms with Gasteiger partial charge in [-0.3, -0.25) is 4.79 Å². The number of benzene rings is 2. The van der Waals surface area contributed by atoms with Crippen LogP contribution >= 0.6 is 0 Å². The van der Waals surface area contributed by atoms with E-state index in [-0.39, 0.29) is 42.5 Å². The van der Waals surface area contributed by atoms with Gasteiger partial charge in [-0.1, -0.05) is 19.9 Å². The van der Waals surface area contributed by atoms with Gasteiger partial charge in [0, 0.05) is 29.7 Å². The Labute approximate surface area is 198 Å². The Balaban J connectivity index is 2.10. The van der Waals surface area contributed by atoms with Gasteiger partial charge in [0.2, 0.25) is 5.91 Å². The van der Waals surface area contributed by atoms with Gasteiger partial charge in [0.25, 0.3) is 0 Å². The van der Waals surface area contributed by atoms with E-state index in [1.165, 1.54) is 25.2 Å². The van der Waals surface area contributed by atoms with E-state index in [0.29, 0.717) is 22.8 Å². The molecule has 0 fully saturated rings. The van der Waals surface area contributed by atoms with Crippen molar-refractivity contribution in [2.24, 2.45) is 5.92 Å². The summed E-state index contributed by atoms with van der Waals surface area (Å²) in [6.07, 6.45) is -0.0875. The molecule has 0 spiro atoms. The van der Waals surface area contributed by atoms with Gasteiger partial charge in [0.1, 0.15) is 23.1 Å².